The molecule has 1 heterocycles. The normalized spacial score (nSPS) is 21.7. The van der Waals surface area contributed by atoms with Crippen LogP contribution in [-0.2, 0) is 9.59 Å². The number of para-hydroxylation sites is 1. The molecule has 2 atom stereocenters. The van der Waals surface area contributed by atoms with Crippen LogP contribution in [0.3, 0.4) is 0 Å². The van der Waals surface area contributed by atoms with Crippen molar-refractivity contribution in [3.63, 3.8) is 0 Å². The lowest BCUT2D eigenvalue weighted by atomic mass is 9.98. The Morgan fingerprint density at radius 2 is 1.90 bits per heavy atom. The number of imide groups is 1. The predicted octanol–water partition coefficient (Wildman–Crippen LogP) is 1.74. The summed E-state index contributed by atoms with van der Waals surface area (Å²) in [6.45, 7) is 2.81. The summed E-state index contributed by atoms with van der Waals surface area (Å²) in [4.78, 5) is 39.8. The first-order valence-corrected chi connectivity index (χ1v) is 9.83. The van der Waals surface area contributed by atoms with Gasteiger partial charge in [-0.15, -0.1) is 0 Å². The lowest BCUT2D eigenvalue weighted by Gasteiger charge is -2.18. The molecule has 0 saturated heterocycles. The first-order chi connectivity index (χ1) is 13.7. The van der Waals surface area contributed by atoms with Crippen LogP contribution in [-0.4, -0.2) is 60.3 Å². The Balaban J connectivity index is 1.88. The number of carbonyl (C=O) groups is 3. The maximum atomic E-state index is 12.6. The van der Waals surface area contributed by atoms with E-state index in [9.17, 15) is 19.5 Å². The smallest absolute Gasteiger partial charge is 0.279 e. The summed E-state index contributed by atoms with van der Waals surface area (Å²) in [6.07, 6.45) is 3.44. The van der Waals surface area contributed by atoms with Crippen molar-refractivity contribution < 1.29 is 19.5 Å². The van der Waals surface area contributed by atoms with Gasteiger partial charge in [-0.2, -0.15) is 0 Å². The molecular weight excluding hydrogens is 372 g/mol. The monoisotopic (exact) mass is 400 g/mol. The van der Waals surface area contributed by atoms with E-state index in [-0.39, 0.29) is 34.3 Å². The summed E-state index contributed by atoms with van der Waals surface area (Å²) in [7, 11) is 4.60. The van der Waals surface area contributed by atoms with E-state index in [0.29, 0.717) is 18.4 Å². The van der Waals surface area contributed by atoms with E-state index in [1.165, 1.54) is 30.9 Å². The number of anilines is 1. The minimum Gasteiger partial charge on any atom is -0.505 e. The molecule has 8 nitrogen and oxygen atoms in total. The number of hydrogen-bond acceptors (Lipinski definition) is 6. The lowest BCUT2D eigenvalue weighted by molar-refractivity contribution is -0.136. The van der Waals surface area contributed by atoms with Gasteiger partial charge in [0.1, 0.15) is 11.4 Å². The van der Waals surface area contributed by atoms with Crippen LogP contribution in [0.4, 0.5) is 5.69 Å². The van der Waals surface area contributed by atoms with Crippen molar-refractivity contribution in [2.45, 2.75) is 26.2 Å². The molecule has 3 rings (SSSR count). The zero-order chi connectivity index (χ0) is 21.3. The molecule has 29 heavy (non-hydrogen) atoms. The van der Waals surface area contributed by atoms with Gasteiger partial charge in [0.2, 0.25) is 0 Å². The van der Waals surface area contributed by atoms with E-state index in [1.54, 1.807) is 26.2 Å². The summed E-state index contributed by atoms with van der Waals surface area (Å²) in [6, 6.07) is 4.67. The first-order valence-electron chi connectivity index (χ1n) is 9.83. The van der Waals surface area contributed by atoms with Crippen LogP contribution in [0.15, 0.2) is 29.6 Å². The SMILES string of the molecule is C[C@H]1CCC[C@@H]1CNC1=C(Nc2cccc(C(=O)N(C)C)c2O)C(=O)N(C)C1=O. The number of likely N-dealkylation sites (N-methyl/N-ethyl adjacent to an activating group) is 1. The Labute approximate surface area is 170 Å². The van der Waals surface area contributed by atoms with Crippen LogP contribution in [0, 0.1) is 11.8 Å². The zero-order valence-corrected chi connectivity index (χ0v) is 17.3. The number of rotatable bonds is 6. The van der Waals surface area contributed by atoms with Gasteiger partial charge in [0.25, 0.3) is 17.7 Å². The number of nitrogens with zero attached hydrogens (tertiary/aromatic N) is 2. The van der Waals surface area contributed by atoms with E-state index < -0.39 is 11.8 Å². The molecule has 2 aliphatic rings. The third-order valence-electron chi connectivity index (χ3n) is 5.80. The molecule has 0 aromatic heterocycles. The molecule has 1 aliphatic carbocycles. The van der Waals surface area contributed by atoms with Crippen molar-refractivity contribution in [2.75, 3.05) is 33.0 Å². The molecule has 1 saturated carbocycles. The van der Waals surface area contributed by atoms with Gasteiger partial charge in [0, 0.05) is 27.7 Å². The van der Waals surface area contributed by atoms with Gasteiger partial charge in [-0.1, -0.05) is 25.8 Å². The Morgan fingerprint density at radius 1 is 1.21 bits per heavy atom. The van der Waals surface area contributed by atoms with Gasteiger partial charge in [-0.05, 0) is 30.4 Å². The molecule has 1 aliphatic heterocycles. The van der Waals surface area contributed by atoms with Crippen LogP contribution in [0.5, 0.6) is 5.75 Å². The minimum atomic E-state index is -0.485. The summed E-state index contributed by atoms with van der Waals surface area (Å²) in [5, 5.41) is 16.6. The van der Waals surface area contributed by atoms with E-state index in [0.717, 1.165) is 11.3 Å². The molecular formula is C21H28N4O4. The van der Waals surface area contributed by atoms with Crippen LogP contribution in [0.2, 0.25) is 0 Å². The van der Waals surface area contributed by atoms with E-state index in [1.807, 2.05) is 0 Å². The average molecular weight is 400 g/mol. The predicted molar refractivity (Wildman–Crippen MR) is 109 cm³/mol. The van der Waals surface area contributed by atoms with Crippen molar-refractivity contribution >= 4 is 23.4 Å². The molecule has 3 N–H and O–H groups in total. The second-order valence-corrected chi connectivity index (χ2v) is 7.99. The van der Waals surface area contributed by atoms with Crippen LogP contribution >= 0.6 is 0 Å². The van der Waals surface area contributed by atoms with Crippen LogP contribution < -0.4 is 10.6 Å². The fourth-order valence-corrected chi connectivity index (χ4v) is 3.87. The Kier molecular flexibility index (Phi) is 5.81. The number of aromatic hydroxyl groups is 1. The number of phenolic OH excluding ortho intramolecular Hbond substituents is 1. The highest BCUT2D eigenvalue weighted by atomic mass is 16.3. The fourth-order valence-electron chi connectivity index (χ4n) is 3.87. The summed E-state index contributed by atoms with van der Waals surface area (Å²) >= 11 is 0. The Morgan fingerprint density at radius 3 is 2.52 bits per heavy atom. The van der Waals surface area contributed by atoms with E-state index in [4.69, 9.17) is 0 Å². The maximum Gasteiger partial charge on any atom is 0.279 e. The molecule has 1 fully saturated rings. The van der Waals surface area contributed by atoms with Crippen LogP contribution in [0.1, 0.15) is 36.5 Å². The number of amides is 3. The largest absolute Gasteiger partial charge is 0.505 e. The minimum absolute atomic E-state index is 0.0768. The Hall–Kier alpha value is -3.03. The van der Waals surface area contributed by atoms with Gasteiger partial charge in [-0.3, -0.25) is 19.3 Å². The second kappa shape index (κ2) is 8.14. The van der Waals surface area contributed by atoms with E-state index >= 15 is 0 Å². The number of benzene rings is 1. The Bertz CT molecular complexity index is 877. The number of carbonyl (C=O) groups excluding carboxylic acids is 3. The van der Waals surface area contributed by atoms with Gasteiger partial charge in [0.15, 0.2) is 5.75 Å². The van der Waals surface area contributed by atoms with Gasteiger partial charge in [-0.25, -0.2) is 0 Å². The van der Waals surface area contributed by atoms with E-state index in [2.05, 4.69) is 17.6 Å². The quantitative estimate of drug-likeness (QED) is 0.497. The average Bonchev–Trinajstić information content (AvgIpc) is 3.18. The third kappa shape index (κ3) is 3.92. The van der Waals surface area contributed by atoms with Crippen molar-refractivity contribution in [3.8, 4) is 5.75 Å². The zero-order valence-electron chi connectivity index (χ0n) is 17.3. The molecule has 3 amide bonds. The molecule has 0 spiro atoms. The number of nitrogens with one attached hydrogen (secondary N) is 2. The van der Waals surface area contributed by atoms with Gasteiger partial charge >= 0.3 is 0 Å². The van der Waals surface area contributed by atoms with Crippen molar-refractivity contribution in [1.82, 2.24) is 15.1 Å². The first kappa shape index (κ1) is 20.7. The lowest BCUT2D eigenvalue weighted by Crippen LogP contribution is -2.32. The molecule has 0 unspecified atom stereocenters. The fraction of sp³-hybridized carbons (Fsp3) is 0.476. The van der Waals surface area contributed by atoms with Crippen molar-refractivity contribution in [2.24, 2.45) is 11.8 Å². The molecule has 0 bridgehead atoms. The molecule has 1 aromatic rings. The van der Waals surface area contributed by atoms with Crippen LogP contribution in [0.25, 0.3) is 0 Å². The number of phenols is 1. The van der Waals surface area contributed by atoms with Crippen molar-refractivity contribution in [3.05, 3.63) is 35.2 Å². The topological polar surface area (TPSA) is 102 Å². The highest BCUT2D eigenvalue weighted by Crippen LogP contribution is 2.33. The van der Waals surface area contributed by atoms with Gasteiger partial charge in [0.05, 0.1) is 11.3 Å². The third-order valence-corrected chi connectivity index (χ3v) is 5.80. The number of hydrogen-bond donors (Lipinski definition) is 3. The summed E-state index contributed by atoms with van der Waals surface area (Å²) in [5.41, 5.74) is 0.575. The molecule has 1 aromatic carbocycles. The van der Waals surface area contributed by atoms with Crippen molar-refractivity contribution in [1.29, 1.82) is 0 Å². The summed E-state index contributed by atoms with van der Waals surface area (Å²) < 4.78 is 0. The molecule has 8 heteroatoms. The molecule has 0 radical (unpaired) electrons. The highest BCUT2D eigenvalue weighted by molar-refractivity contribution is 6.20. The second-order valence-electron chi connectivity index (χ2n) is 7.99. The summed E-state index contributed by atoms with van der Waals surface area (Å²) in [5.74, 6) is -0.505. The maximum absolute atomic E-state index is 12.6. The van der Waals surface area contributed by atoms with Gasteiger partial charge < -0.3 is 20.6 Å². The molecule has 156 valence electrons. The highest BCUT2D eigenvalue weighted by Gasteiger charge is 2.37. The standard InChI is InChI=1S/C21H28N4O4/c1-12-7-5-8-13(12)11-22-16-17(21(29)25(4)20(16)28)23-15-10-6-9-14(18(15)26)19(27)24(2)3/h6,9-10,12-13,22-23,26H,5,7-8,11H2,1-4H3/t12-,13+/m0/s1.